The van der Waals surface area contributed by atoms with E-state index >= 15 is 0 Å². The molecule has 0 radical (unpaired) electrons. The Morgan fingerprint density at radius 1 is 1.27 bits per heavy atom. The molecule has 1 aromatic rings. The van der Waals surface area contributed by atoms with E-state index in [0.29, 0.717) is 10.6 Å². The largest absolute Gasteiger partial charge is 0.325 e. The van der Waals surface area contributed by atoms with Crippen LogP contribution in [0.2, 0.25) is 0 Å². The molecule has 0 saturated carbocycles. The van der Waals surface area contributed by atoms with Gasteiger partial charge in [0.1, 0.15) is 5.78 Å². The van der Waals surface area contributed by atoms with Crippen molar-refractivity contribution in [2.45, 2.75) is 24.7 Å². The normalized spacial score (nSPS) is 9.73. The van der Waals surface area contributed by atoms with Crippen molar-refractivity contribution in [2.75, 3.05) is 5.32 Å². The van der Waals surface area contributed by atoms with Crippen LogP contribution < -0.4 is 5.32 Å². The van der Waals surface area contributed by atoms with Crippen molar-refractivity contribution in [1.29, 1.82) is 0 Å². The van der Waals surface area contributed by atoms with Crippen molar-refractivity contribution < 1.29 is 9.59 Å². The molecule has 0 aliphatic rings. The van der Waals surface area contributed by atoms with Gasteiger partial charge in [0, 0.05) is 17.7 Å². The molecule has 0 saturated heterocycles. The van der Waals surface area contributed by atoms with Crippen LogP contribution in [0.15, 0.2) is 29.2 Å². The smallest absolute Gasteiger partial charge is 0.224 e. The summed E-state index contributed by atoms with van der Waals surface area (Å²) in [7, 11) is 0. The molecule has 0 aromatic heterocycles. The first-order valence-electron chi connectivity index (χ1n) is 4.67. The van der Waals surface area contributed by atoms with Crippen LogP contribution in [-0.2, 0) is 9.59 Å². The summed E-state index contributed by atoms with van der Waals surface area (Å²) in [6.45, 7) is 1.47. The van der Waals surface area contributed by atoms with E-state index < -0.39 is 0 Å². The number of carbonyl (C=O) groups is 2. The van der Waals surface area contributed by atoms with Crippen LogP contribution in [0, 0.1) is 0 Å². The number of amides is 1. The molecule has 0 spiro atoms. The van der Waals surface area contributed by atoms with Crippen molar-refractivity contribution in [3.05, 3.63) is 24.3 Å². The molecule has 0 aliphatic heterocycles. The maximum atomic E-state index is 11.4. The number of ketones is 1. The van der Waals surface area contributed by atoms with Crippen molar-refractivity contribution in [3.8, 4) is 0 Å². The number of benzene rings is 1. The highest BCUT2D eigenvalue weighted by molar-refractivity contribution is 7.80. The lowest BCUT2D eigenvalue weighted by Gasteiger charge is -2.06. The van der Waals surface area contributed by atoms with Crippen molar-refractivity contribution in [3.63, 3.8) is 0 Å². The molecule has 0 aliphatic carbocycles. The summed E-state index contributed by atoms with van der Waals surface area (Å²) in [4.78, 5) is 22.8. The van der Waals surface area contributed by atoms with Gasteiger partial charge in [0.05, 0.1) is 5.69 Å². The molecule has 3 nitrogen and oxygen atoms in total. The summed E-state index contributed by atoms with van der Waals surface area (Å²) in [6.07, 6.45) is 0.498. The van der Waals surface area contributed by atoms with Gasteiger partial charge < -0.3 is 10.1 Å². The van der Waals surface area contributed by atoms with Gasteiger partial charge in [0.25, 0.3) is 0 Å². The van der Waals surface area contributed by atoms with E-state index in [-0.39, 0.29) is 24.5 Å². The van der Waals surface area contributed by atoms with Crippen LogP contribution in [-0.4, -0.2) is 11.7 Å². The summed E-state index contributed by atoms with van der Waals surface area (Å²) < 4.78 is 0. The first-order chi connectivity index (χ1) is 7.09. The van der Waals surface area contributed by atoms with Crippen LogP contribution in [0.1, 0.15) is 19.8 Å². The quantitative estimate of drug-likeness (QED) is 0.769. The minimum atomic E-state index is -0.160. The second kappa shape index (κ2) is 5.56. The molecule has 0 atom stereocenters. The molecule has 0 unspecified atom stereocenters. The predicted octanol–water partition coefficient (Wildman–Crippen LogP) is 2.28. The van der Waals surface area contributed by atoms with E-state index in [2.05, 4.69) is 17.9 Å². The Bertz CT molecular complexity index is 377. The minimum absolute atomic E-state index is 0.0179. The monoisotopic (exact) mass is 223 g/mol. The molecule has 1 N–H and O–H groups in total. The molecule has 0 bridgehead atoms. The maximum Gasteiger partial charge on any atom is 0.224 e. The van der Waals surface area contributed by atoms with Crippen molar-refractivity contribution >= 4 is 30.0 Å². The van der Waals surface area contributed by atoms with Gasteiger partial charge in [-0.2, -0.15) is 0 Å². The van der Waals surface area contributed by atoms with Crippen molar-refractivity contribution in [1.82, 2.24) is 0 Å². The second-order valence-corrected chi connectivity index (χ2v) is 3.75. The van der Waals surface area contributed by atoms with Crippen molar-refractivity contribution in [2.24, 2.45) is 0 Å². The fourth-order valence-electron chi connectivity index (χ4n) is 1.08. The third-order valence-electron chi connectivity index (χ3n) is 1.88. The number of nitrogens with one attached hydrogen (secondary N) is 1. The molecule has 4 heteroatoms. The first-order valence-corrected chi connectivity index (χ1v) is 5.11. The van der Waals surface area contributed by atoms with Crippen LogP contribution >= 0.6 is 12.6 Å². The number of Topliss-reactive ketones (excluding diaryl/α,β-unsaturated/α-hetero) is 1. The maximum absolute atomic E-state index is 11.4. The van der Waals surface area contributed by atoms with E-state index in [4.69, 9.17) is 0 Å². The predicted molar refractivity (Wildman–Crippen MR) is 62.2 cm³/mol. The number of carbonyl (C=O) groups excluding carboxylic acids is 2. The number of hydrogen-bond donors (Lipinski definition) is 2. The van der Waals surface area contributed by atoms with E-state index in [1.54, 1.807) is 12.1 Å². The standard InChI is InChI=1S/C11H13NO2S/c1-8(13)6-7-11(14)12-9-4-2-3-5-10(9)15/h2-5,15H,6-7H2,1H3,(H,12,14). The lowest BCUT2D eigenvalue weighted by atomic mass is 10.2. The van der Waals surface area contributed by atoms with Gasteiger partial charge >= 0.3 is 0 Å². The van der Waals surface area contributed by atoms with Crippen LogP contribution in [0.25, 0.3) is 0 Å². The number of anilines is 1. The Labute approximate surface area is 94.3 Å². The molecule has 1 aromatic carbocycles. The summed E-state index contributed by atoms with van der Waals surface area (Å²) in [6, 6.07) is 7.23. The topological polar surface area (TPSA) is 46.2 Å². The van der Waals surface area contributed by atoms with Gasteiger partial charge in [-0.3, -0.25) is 4.79 Å². The van der Waals surface area contributed by atoms with Crippen LogP contribution in [0.4, 0.5) is 5.69 Å². The van der Waals surface area contributed by atoms with Gasteiger partial charge in [-0.1, -0.05) is 12.1 Å². The molecule has 0 fully saturated rings. The van der Waals surface area contributed by atoms with E-state index in [1.165, 1.54) is 6.92 Å². The molecule has 80 valence electrons. The molecule has 1 amide bonds. The summed E-state index contributed by atoms with van der Waals surface area (Å²) in [5, 5.41) is 2.70. The van der Waals surface area contributed by atoms with Crippen LogP contribution in [0.5, 0.6) is 0 Å². The third kappa shape index (κ3) is 4.16. The molecule has 0 heterocycles. The molecular weight excluding hydrogens is 210 g/mol. The highest BCUT2D eigenvalue weighted by atomic mass is 32.1. The Kier molecular flexibility index (Phi) is 4.37. The SMILES string of the molecule is CC(=O)CCC(=O)Nc1ccccc1S. The Balaban J connectivity index is 2.52. The second-order valence-electron chi connectivity index (χ2n) is 3.27. The molecule has 15 heavy (non-hydrogen) atoms. The average Bonchev–Trinajstić information content (AvgIpc) is 2.18. The Morgan fingerprint density at radius 2 is 1.93 bits per heavy atom. The van der Waals surface area contributed by atoms with E-state index in [0.717, 1.165) is 0 Å². The van der Waals surface area contributed by atoms with Gasteiger partial charge in [-0.25, -0.2) is 0 Å². The summed E-state index contributed by atoms with van der Waals surface area (Å²) in [5.74, 6) is -0.143. The van der Waals surface area contributed by atoms with E-state index in [1.807, 2.05) is 12.1 Å². The fraction of sp³-hybridized carbons (Fsp3) is 0.273. The van der Waals surface area contributed by atoms with Gasteiger partial charge in [-0.05, 0) is 19.1 Å². The van der Waals surface area contributed by atoms with Gasteiger partial charge in [0.15, 0.2) is 0 Å². The minimum Gasteiger partial charge on any atom is -0.325 e. The van der Waals surface area contributed by atoms with E-state index in [9.17, 15) is 9.59 Å². The zero-order valence-electron chi connectivity index (χ0n) is 8.49. The molecular formula is C11H13NO2S. The number of hydrogen-bond acceptors (Lipinski definition) is 3. The highest BCUT2D eigenvalue weighted by Crippen LogP contribution is 2.18. The number of para-hydroxylation sites is 1. The lowest BCUT2D eigenvalue weighted by molar-refractivity contribution is -0.121. The van der Waals surface area contributed by atoms with Gasteiger partial charge in [-0.15, -0.1) is 12.6 Å². The fourth-order valence-corrected chi connectivity index (χ4v) is 1.30. The highest BCUT2D eigenvalue weighted by Gasteiger charge is 2.05. The molecule has 1 rings (SSSR count). The number of rotatable bonds is 4. The van der Waals surface area contributed by atoms with Crippen LogP contribution in [0.3, 0.4) is 0 Å². The third-order valence-corrected chi connectivity index (χ3v) is 2.27. The zero-order chi connectivity index (χ0) is 11.3. The van der Waals surface area contributed by atoms with Gasteiger partial charge in [0.2, 0.25) is 5.91 Å². The summed E-state index contributed by atoms with van der Waals surface area (Å²) in [5.41, 5.74) is 0.675. The average molecular weight is 223 g/mol. The Hall–Kier alpha value is -1.29. The number of thiol groups is 1. The summed E-state index contributed by atoms with van der Waals surface area (Å²) >= 11 is 4.20. The zero-order valence-corrected chi connectivity index (χ0v) is 9.38. The Morgan fingerprint density at radius 3 is 2.53 bits per heavy atom. The lowest BCUT2D eigenvalue weighted by Crippen LogP contribution is -2.12. The first kappa shape index (κ1) is 11.8.